The SMILES string of the molecule is C.Cc1ccc2c(c1)C(C)CC(C)(C)O2. The Kier molecular flexibility index (Phi) is 3.13. The second-order valence-electron chi connectivity index (χ2n) is 5.01. The summed E-state index contributed by atoms with van der Waals surface area (Å²) in [6.45, 7) is 8.73. The summed E-state index contributed by atoms with van der Waals surface area (Å²) in [4.78, 5) is 0. The van der Waals surface area contributed by atoms with Crippen molar-refractivity contribution in [3.63, 3.8) is 0 Å². The van der Waals surface area contributed by atoms with Crippen molar-refractivity contribution in [1.82, 2.24) is 0 Å². The van der Waals surface area contributed by atoms with Gasteiger partial charge in [-0.3, -0.25) is 0 Å². The number of hydrogen-bond donors (Lipinski definition) is 0. The Morgan fingerprint density at radius 2 is 2.00 bits per heavy atom. The predicted octanol–water partition coefficient (Wildman–Crippen LogP) is 4.30. The van der Waals surface area contributed by atoms with Gasteiger partial charge in [0.1, 0.15) is 11.4 Å². The maximum absolute atomic E-state index is 5.94. The summed E-state index contributed by atoms with van der Waals surface area (Å²) in [5, 5.41) is 0. The van der Waals surface area contributed by atoms with Crippen LogP contribution < -0.4 is 4.74 Å². The van der Waals surface area contributed by atoms with Gasteiger partial charge in [-0.15, -0.1) is 0 Å². The van der Waals surface area contributed by atoms with Crippen LogP contribution in [0.15, 0.2) is 18.2 Å². The Balaban J connectivity index is 0.00000112. The number of fused-ring (bicyclic) bond motifs is 1. The molecule has 1 aliphatic rings. The average Bonchev–Trinajstić information content (AvgIpc) is 2.05. The zero-order chi connectivity index (χ0) is 10.3. The summed E-state index contributed by atoms with van der Waals surface area (Å²) in [6, 6.07) is 6.46. The van der Waals surface area contributed by atoms with Crippen LogP contribution >= 0.6 is 0 Å². The molecule has 1 unspecified atom stereocenters. The Labute approximate surface area is 93.5 Å². The lowest BCUT2D eigenvalue weighted by Gasteiger charge is -2.36. The van der Waals surface area contributed by atoms with E-state index in [2.05, 4.69) is 45.9 Å². The first kappa shape index (κ1) is 12.1. The fraction of sp³-hybridized carbons (Fsp3) is 0.571. The van der Waals surface area contributed by atoms with Crippen LogP contribution in [0.3, 0.4) is 0 Å². The van der Waals surface area contributed by atoms with Gasteiger partial charge in [-0.05, 0) is 44.7 Å². The summed E-state index contributed by atoms with van der Waals surface area (Å²) in [5.74, 6) is 1.67. The molecule has 0 amide bonds. The van der Waals surface area contributed by atoms with Crippen molar-refractivity contribution < 1.29 is 4.74 Å². The molecule has 1 aliphatic heterocycles. The second-order valence-corrected chi connectivity index (χ2v) is 5.01. The third kappa shape index (κ3) is 2.34. The summed E-state index contributed by atoms with van der Waals surface area (Å²) in [6.07, 6.45) is 1.10. The molecule has 0 fully saturated rings. The molecule has 1 aromatic carbocycles. The van der Waals surface area contributed by atoms with Crippen LogP contribution in [0.1, 0.15) is 51.7 Å². The van der Waals surface area contributed by atoms with Crippen molar-refractivity contribution in [2.24, 2.45) is 0 Å². The normalized spacial score (nSPS) is 22.3. The van der Waals surface area contributed by atoms with Gasteiger partial charge in [-0.2, -0.15) is 0 Å². The predicted molar refractivity (Wildman–Crippen MR) is 65.6 cm³/mol. The molecule has 1 atom stereocenters. The fourth-order valence-electron chi connectivity index (χ4n) is 2.33. The Hall–Kier alpha value is -0.980. The van der Waals surface area contributed by atoms with Crippen LogP contribution in [-0.2, 0) is 0 Å². The standard InChI is InChI=1S/C13H18O.CH4/c1-9-5-6-12-11(7-9)10(2)8-13(3,4)14-12;/h5-7,10H,8H2,1-4H3;1H4. The van der Waals surface area contributed by atoms with Crippen LogP contribution in [0.25, 0.3) is 0 Å². The minimum Gasteiger partial charge on any atom is -0.488 e. The highest BCUT2D eigenvalue weighted by Gasteiger charge is 2.30. The van der Waals surface area contributed by atoms with Crippen molar-refractivity contribution >= 4 is 0 Å². The molecule has 2 rings (SSSR count). The van der Waals surface area contributed by atoms with E-state index in [0.29, 0.717) is 5.92 Å². The van der Waals surface area contributed by atoms with E-state index in [-0.39, 0.29) is 13.0 Å². The van der Waals surface area contributed by atoms with Crippen LogP contribution in [0.4, 0.5) is 0 Å². The zero-order valence-corrected chi connectivity index (χ0v) is 9.42. The van der Waals surface area contributed by atoms with Crippen molar-refractivity contribution in [3.05, 3.63) is 29.3 Å². The first-order chi connectivity index (χ1) is 6.48. The number of aryl methyl sites for hydroxylation is 1. The summed E-state index contributed by atoms with van der Waals surface area (Å²) in [7, 11) is 0. The average molecular weight is 206 g/mol. The third-order valence-electron chi connectivity index (χ3n) is 2.88. The van der Waals surface area contributed by atoms with E-state index in [1.165, 1.54) is 11.1 Å². The molecule has 0 radical (unpaired) electrons. The lowest BCUT2D eigenvalue weighted by Crippen LogP contribution is -2.34. The number of rotatable bonds is 0. The molecule has 0 aliphatic carbocycles. The van der Waals surface area contributed by atoms with E-state index in [9.17, 15) is 0 Å². The second kappa shape index (κ2) is 3.88. The van der Waals surface area contributed by atoms with Crippen LogP contribution in [-0.4, -0.2) is 5.60 Å². The Morgan fingerprint density at radius 3 is 2.67 bits per heavy atom. The van der Waals surface area contributed by atoms with Gasteiger partial charge >= 0.3 is 0 Å². The highest BCUT2D eigenvalue weighted by molar-refractivity contribution is 5.41. The van der Waals surface area contributed by atoms with Gasteiger partial charge in [-0.25, -0.2) is 0 Å². The molecule has 0 aromatic heterocycles. The molecular formula is C14H22O. The van der Waals surface area contributed by atoms with Gasteiger partial charge in [0, 0.05) is 0 Å². The van der Waals surface area contributed by atoms with Crippen LogP contribution in [0, 0.1) is 6.92 Å². The van der Waals surface area contributed by atoms with E-state index in [1.807, 2.05) is 0 Å². The van der Waals surface area contributed by atoms with Crippen molar-refractivity contribution in [2.75, 3.05) is 0 Å². The molecule has 0 saturated carbocycles. The molecule has 0 bridgehead atoms. The molecule has 0 N–H and O–H groups in total. The molecule has 1 heteroatoms. The van der Waals surface area contributed by atoms with E-state index in [0.717, 1.165) is 12.2 Å². The molecule has 0 spiro atoms. The van der Waals surface area contributed by atoms with Gasteiger partial charge in [0.05, 0.1) is 0 Å². The van der Waals surface area contributed by atoms with Crippen molar-refractivity contribution in [3.8, 4) is 5.75 Å². The van der Waals surface area contributed by atoms with E-state index in [1.54, 1.807) is 0 Å². The third-order valence-corrected chi connectivity index (χ3v) is 2.88. The molecule has 0 saturated heterocycles. The minimum atomic E-state index is -0.0122. The zero-order valence-electron chi connectivity index (χ0n) is 9.42. The van der Waals surface area contributed by atoms with E-state index < -0.39 is 0 Å². The van der Waals surface area contributed by atoms with Gasteiger partial charge in [-0.1, -0.05) is 32.0 Å². The van der Waals surface area contributed by atoms with E-state index in [4.69, 9.17) is 4.74 Å². The lowest BCUT2D eigenvalue weighted by molar-refractivity contribution is 0.0746. The van der Waals surface area contributed by atoms with E-state index >= 15 is 0 Å². The fourth-order valence-corrected chi connectivity index (χ4v) is 2.33. The first-order valence-corrected chi connectivity index (χ1v) is 5.27. The maximum atomic E-state index is 5.94. The van der Waals surface area contributed by atoms with Crippen LogP contribution in [0.5, 0.6) is 5.75 Å². The lowest BCUT2D eigenvalue weighted by atomic mass is 9.85. The first-order valence-electron chi connectivity index (χ1n) is 5.27. The van der Waals surface area contributed by atoms with Gasteiger partial charge in [0.2, 0.25) is 0 Å². The van der Waals surface area contributed by atoms with Gasteiger partial charge in [0.25, 0.3) is 0 Å². The quantitative estimate of drug-likeness (QED) is 0.615. The van der Waals surface area contributed by atoms with Gasteiger partial charge < -0.3 is 4.74 Å². The largest absolute Gasteiger partial charge is 0.488 e. The molecule has 84 valence electrons. The monoisotopic (exact) mass is 206 g/mol. The van der Waals surface area contributed by atoms with Gasteiger partial charge in [0.15, 0.2) is 0 Å². The highest BCUT2D eigenvalue weighted by Crippen LogP contribution is 2.40. The number of benzene rings is 1. The summed E-state index contributed by atoms with van der Waals surface area (Å²) in [5.41, 5.74) is 2.67. The smallest absolute Gasteiger partial charge is 0.123 e. The van der Waals surface area contributed by atoms with Crippen LogP contribution in [0.2, 0.25) is 0 Å². The topological polar surface area (TPSA) is 9.23 Å². The molecule has 1 aromatic rings. The van der Waals surface area contributed by atoms with Crippen molar-refractivity contribution in [1.29, 1.82) is 0 Å². The molecule has 1 nitrogen and oxygen atoms in total. The Bertz CT molecular complexity index is 352. The Morgan fingerprint density at radius 1 is 1.33 bits per heavy atom. The van der Waals surface area contributed by atoms with Crippen molar-refractivity contribution in [2.45, 2.75) is 53.1 Å². The molecule has 15 heavy (non-hydrogen) atoms. The number of ether oxygens (including phenoxy) is 1. The summed E-state index contributed by atoms with van der Waals surface area (Å²) >= 11 is 0. The number of hydrogen-bond acceptors (Lipinski definition) is 1. The summed E-state index contributed by atoms with van der Waals surface area (Å²) < 4.78 is 5.94. The minimum absolute atomic E-state index is 0. The molecular weight excluding hydrogens is 184 g/mol. The maximum Gasteiger partial charge on any atom is 0.123 e. The molecule has 1 heterocycles. The highest BCUT2D eigenvalue weighted by atomic mass is 16.5.